The summed E-state index contributed by atoms with van der Waals surface area (Å²) in [4.78, 5) is 25.3. The lowest BCUT2D eigenvalue weighted by Gasteiger charge is -2.44. The van der Waals surface area contributed by atoms with Crippen LogP contribution in [0, 0.1) is 11.3 Å². The summed E-state index contributed by atoms with van der Waals surface area (Å²) in [6.45, 7) is 7.45. The fourth-order valence-electron chi connectivity index (χ4n) is 4.37. The third kappa shape index (κ3) is 3.56. The van der Waals surface area contributed by atoms with Crippen LogP contribution in [0.25, 0.3) is 11.1 Å². The Bertz CT molecular complexity index is 829. The maximum Gasteiger partial charge on any atom is 0.228 e. The highest BCUT2D eigenvalue weighted by Gasteiger charge is 2.45. The fraction of sp³-hybridized carbons (Fsp3) is 0.478. The first-order chi connectivity index (χ1) is 13.3. The number of benzene rings is 1. The van der Waals surface area contributed by atoms with Gasteiger partial charge in [0.25, 0.3) is 0 Å². The molecule has 0 unspecified atom stereocenters. The number of hydroxylamine groups is 2. The number of hydrogen-bond acceptors (Lipinski definition) is 4. The zero-order valence-corrected chi connectivity index (χ0v) is 17.1. The number of carbonyl (C=O) groups is 1. The summed E-state index contributed by atoms with van der Waals surface area (Å²) in [5.74, 6) is 0.587. The molecule has 0 bridgehead atoms. The Hall–Kier alpha value is -2.24. The zero-order chi connectivity index (χ0) is 19.9. The van der Waals surface area contributed by atoms with E-state index < -0.39 is 5.41 Å². The van der Waals surface area contributed by atoms with Crippen LogP contribution in [0.5, 0.6) is 0 Å². The van der Waals surface area contributed by atoms with Crippen LogP contribution in [0.2, 0.25) is 0 Å². The SMILES string of the molecule is CN1OC[C@@H]2CN(C(=O)C(C)(C)C)[C@H](c3ccc(-c4cccnc4)cc3)C[C@@H]21. The van der Waals surface area contributed by atoms with Gasteiger partial charge in [-0.1, -0.05) is 51.1 Å². The van der Waals surface area contributed by atoms with Crippen molar-refractivity contribution >= 4 is 5.91 Å². The number of amides is 1. The van der Waals surface area contributed by atoms with E-state index in [4.69, 9.17) is 4.84 Å². The molecule has 2 aromatic rings. The smallest absolute Gasteiger partial charge is 0.228 e. The van der Waals surface area contributed by atoms with Gasteiger partial charge in [-0.3, -0.25) is 14.6 Å². The predicted molar refractivity (Wildman–Crippen MR) is 109 cm³/mol. The Morgan fingerprint density at radius 2 is 1.89 bits per heavy atom. The van der Waals surface area contributed by atoms with Gasteiger partial charge in [-0.25, -0.2) is 0 Å². The van der Waals surface area contributed by atoms with Gasteiger partial charge in [0, 0.05) is 43.4 Å². The topological polar surface area (TPSA) is 45.7 Å². The summed E-state index contributed by atoms with van der Waals surface area (Å²) in [5, 5.41) is 1.99. The molecule has 0 saturated carbocycles. The van der Waals surface area contributed by atoms with E-state index in [2.05, 4.69) is 40.2 Å². The molecule has 2 saturated heterocycles. The molecule has 148 valence electrons. The molecule has 28 heavy (non-hydrogen) atoms. The maximum atomic E-state index is 13.2. The largest absolute Gasteiger partial charge is 0.335 e. The number of pyridine rings is 1. The highest BCUT2D eigenvalue weighted by molar-refractivity contribution is 5.82. The number of hydrogen-bond donors (Lipinski definition) is 0. The first-order valence-electron chi connectivity index (χ1n) is 10.0. The van der Waals surface area contributed by atoms with Gasteiger partial charge < -0.3 is 4.90 Å². The van der Waals surface area contributed by atoms with Gasteiger partial charge in [0.05, 0.1) is 12.6 Å². The molecule has 5 heteroatoms. The lowest BCUT2D eigenvalue weighted by Crippen LogP contribution is -2.52. The van der Waals surface area contributed by atoms with E-state index >= 15 is 0 Å². The van der Waals surface area contributed by atoms with E-state index in [0.717, 1.165) is 24.1 Å². The number of likely N-dealkylation sites (tertiary alicyclic amines) is 1. The van der Waals surface area contributed by atoms with E-state index in [-0.39, 0.29) is 11.9 Å². The molecule has 2 aliphatic rings. The summed E-state index contributed by atoms with van der Waals surface area (Å²) in [7, 11) is 2.01. The van der Waals surface area contributed by atoms with Crippen LogP contribution in [0.15, 0.2) is 48.8 Å². The third-order valence-electron chi connectivity index (χ3n) is 5.97. The molecule has 0 N–H and O–H groups in total. The second kappa shape index (κ2) is 7.30. The van der Waals surface area contributed by atoms with E-state index in [0.29, 0.717) is 18.6 Å². The normalized spacial score (nSPS) is 25.6. The van der Waals surface area contributed by atoms with E-state index in [9.17, 15) is 4.79 Å². The van der Waals surface area contributed by atoms with Crippen molar-refractivity contribution in [2.45, 2.75) is 39.3 Å². The molecule has 1 amide bonds. The van der Waals surface area contributed by atoms with Crippen LogP contribution in [-0.4, -0.2) is 47.1 Å². The number of nitrogens with zero attached hydrogens (tertiary/aromatic N) is 3. The quantitative estimate of drug-likeness (QED) is 0.793. The van der Waals surface area contributed by atoms with Crippen LogP contribution in [0.4, 0.5) is 0 Å². The second-order valence-electron chi connectivity index (χ2n) is 8.99. The van der Waals surface area contributed by atoms with Gasteiger partial charge in [-0.05, 0) is 29.2 Å². The van der Waals surface area contributed by atoms with Gasteiger partial charge in [-0.2, -0.15) is 5.06 Å². The minimum absolute atomic E-state index is 0.0695. The monoisotopic (exact) mass is 379 g/mol. The van der Waals surface area contributed by atoms with Crippen LogP contribution in [0.1, 0.15) is 38.8 Å². The van der Waals surface area contributed by atoms with Gasteiger partial charge >= 0.3 is 0 Å². The van der Waals surface area contributed by atoms with Crippen LogP contribution >= 0.6 is 0 Å². The first-order valence-corrected chi connectivity index (χ1v) is 10.0. The van der Waals surface area contributed by atoms with Gasteiger partial charge in [-0.15, -0.1) is 0 Å². The molecule has 1 aromatic carbocycles. The summed E-state index contributed by atoms with van der Waals surface area (Å²) in [6, 6.07) is 13.0. The molecule has 3 heterocycles. The van der Waals surface area contributed by atoms with Crippen molar-refractivity contribution in [1.29, 1.82) is 0 Å². The Morgan fingerprint density at radius 3 is 2.54 bits per heavy atom. The molecule has 0 radical (unpaired) electrons. The average molecular weight is 380 g/mol. The van der Waals surface area contributed by atoms with Crippen molar-refractivity contribution in [1.82, 2.24) is 14.9 Å². The Kier molecular flexibility index (Phi) is 4.98. The van der Waals surface area contributed by atoms with E-state index in [1.165, 1.54) is 5.56 Å². The Balaban J connectivity index is 1.64. The molecule has 1 aromatic heterocycles. The minimum atomic E-state index is -0.397. The maximum absolute atomic E-state index is 13.2. The first kappa shape index (κ1) is 19.1. The fourth-order valence-corrected chi connectivity index (χ4v) is 4.37. The minimum Gasteiger partial charge on any atom is -0.335 e. The van der Waals surface area contributed by atoms with Crippen molar-refractivity contribution in [3.8, 4) is 11.1 Å². The number of fused-ring (bicyclic) bond motifs is 1. The zero-order valence-electron chi connectivity index (χ0n) is 17.1. The van der Waals surface area contributed by atoms with Crippen molar-refractivity contribution < 1.29 is 9.63 Å². The standard InChI is InChI=1S/C23H29N3O2/c1-23(2,3)22(27)26-14-19-15-28-25(4)20(19)12-21(26)17-9-7-16(8-10-17)18-6-5-11-24-13-18/h5-11,13,19-21H,12,14-15H2,1-4H3/t19-,20-,21-/m0/s1. The lowest BCUT2D eigenvalue weighted by molar-refractivity contribution is -0.147. The second-order valence-corrected chi connectivity index (χ2v) is 8.99. The highest BCUT2D eigenvalue weighted by atomic mass is 16.7. The molecule has 5 nitrogen and oxygen atoms in total. The summed E-state index contributed by atoms with van der Waals surface area (Å²) >= 11 is 0. The number of carbonyl (C=O) groups excluding carboxylic acids is 1. The molecular weight excluding hydrogens is 350 g/mol. The molecule has 4 rings (SSSR count). The summed E-state index contributed by atoms with van der Waals surface area (Å²) in [6.07, 6.45) is 4.56. The molecular formula is C23H29N3O2. The third-order valence-corrected chi connectivity index (χ3v) is 5.97. The molecule has 3 atom stereocenters. The summed E-state index contributed by atoms with van der Waals surface area (Å²) < 4.78 is 0. The molecule has 2 aliphatic heterocycles. The Labute approximate surface area is 167 Å². The number of aromatic nitrogens is 1. The van der Waals surface area contributed by atoms with Gasteiger partial charge in [0.1, 0.15) is 0 Å². The van der Waals surface area contributed by atoms with Gasteiger partial charge in [0.2, 0.25) is 5.91 Å². The van der Waals surface area contributed by atoms with Crippen molar-refractivity contribution in [2.24, 2.45) is 11.3 Å². The van der Waals surface area contributed by atoms with Gasteiger partial charge in [0.15, 0.2) is 0 Å². The molecule has 2 fully saturated rings. The summed E-state index contributed by atoms with van der Waals surface area (Å²) in [5.41, 5.74) is 3.03. The van der Waals surface area contributed by atoms with Crippen molar-refractivity contribution in [3.05, 3.63) is 54.4 Å². The number of piperidine rings is 1. The molecule has 0 spiro atoms. The van der Waals surface area contributed by atoms with Crippen LogP contribution in [0.3, 0.4) is 0 Å². The predicted octanol–water partition coefficient (Wildman–Crippen LogP) is 3.93. The van der Waals surface area contributed by atoms with Crippen molar-refractivity contribution in [3.63, 3.8) is 0 Å². The van der Waals surface area contributed by atoms with Crippen LogP contribution in [-0.2, 0) is 9.63 Å². The van der Waals surface area contributed by atoms with E-state index in [1.54, 1.807) is 6.20 Å². The lowest BCUT2D eigenvalue weighted by atomic mass is 9.83. The van der Waals surface area contributed by atoms with E-state index in [1.807, 2.05) is 45.1 Å². The van der Waals surface area contributed by atoms with Crippen molar-refractivity contribution in [2.75, 3.05) is 20.2 Å². The Morgan fingerprint density at radius 1 is 1.14 bits per heavy atom. The highest BCUT2D eigenvalue weighted by Crippen LogP contribution is 2.40. The molecule has 0 aliphatic carbocycles. The number of rotatable bonds is 2. The van der Waals surface area contributed by atoms with Crippen LogP contribution < -0.4 is 0 Å². The average Bonchev–Trinajstić information content (AvgIpc) is 3.06.